The number of oxime groups is 1. The molecule has 1 fully saturated rings. The van der Waals surface area contributed by atoms with Crippen LogP contribution in [0.4, 0.5) is 18.3 Å². The Morgan fingerprint density at radius 3 is 2.56 bits per heavy atom. The van der Waals surface area contributed by atoms with Crippen LogP contribution in [0.15, 0.2) is 20.9 Å². The van der Waals surface area contributed by atoms with Crippen molar-refractivity contribution in [2.45, 2.75) is 36.3 Å². The lowest BCUT2D eigenvalue weighted by molar-refractivity contribution is -0.155. The van der Waals surface area contributed by atoms with Gasteiger partial charge in [-0.3, -0.25) is 14.5 Å². The molecule has 0 bridgehead atoms. The lowest BCUT2D eigenvalue weighted by atomic mass is 9.86. The van der Waals surface area contributed by atoms with Gasteiger partial charge in [-0.05, 0) is 24.4 Å². The fourth-order valence-corrected chi connectivity index (χ4v) is 5.39. The van der Waals surface area contributed by atoms with Crippen LogP contribution in [-0.2, 0) is 20.6 Å². The summed E-state index contributed by atoms with van der Waals surface area (Å²) in [6.45, 7) is 0. The first-order valence-corrected chi connectivity index (χ1v) is 11.4. The van der Waals surface area contributed by atoms with E-state index in [1.165, 1.54) is 0 Å². The number of β-lactam (4-membered cyclic amide) rings is 1. The van der Waals surface area contributed by atoms with Gasteiger partial charge in [0.05, 0.1) is 6.04 Å². The molecule has 19 heteroatoms. The highest BCUT2D eigenvalue weighted by atomic mass is 32.2. The second-order valence-corrected chi connectivity index (χ2v) is 9.33. The van der Waals surface area contributed by atoms with E-state index in [-0.39, 0.29) is 45.4 Å². The van der Waals surface area contributed by atoms with E-state index < -0.39 is 52.5 Å². The number of nitrogens with one attached hydrogen (secondary N) is 1. The molecule has 0 spiro atoms. The number of nitrogen functional groups attached to an aromatic ring is 1. The Kier molecular flexibility index (Phi) is 6.16. The lowest BCUT2D eigenvalue weighted by Crippen LogP contribution is -2.72. The minimum atomic E-state index is -4.69. The Labute approximate surface area is 198 Å². The van der Waals surface area contributed by atoms with E-state index in [0.29, 0.717) is 11.8 Å². The minimum absolute atomic E-state index is 0.0142. The van der Waals surface area contributed by atoms with Gasteiger partial charge in [-0.25, -0.2) is 9.78 Å². The maximum absolute atomic E-state index is 12.8. The number of anilines is 1. The van der Waals surface area contributed by atoms with Crippen molar-refractivity contribution in [2.75, 3.05) is 5.73 Å². The maximum Gasteiger partial charge on any atom is 0.444 e. The number of rotatable bonds is 6. The fourth-order valence-electron chi connectivity index (χ4n) is 3.34. The summed E-state index contributed by atoms with van der Waals surface area (Å²) in [6, 6.07) is -1.87. The number of carbonyl (C=O) groups excluding carboxylic acids is 2. The van der Waals surface area contributed by atoms with E-state index in [1.54, 1.807) is 0 Å². The van der Waals surface area contributed by atoms with Crippen molar-refractivity contribution < 1.29 is 37.9 Å². The van der Waals surface area contributed by atoms with Crippen LogP contribution in [0.2, 0.25) is 0 Å². The van der Waals surface area contributed by atoms with Crippen molar-refractivity contribution >= 4 is 63.5 Å². The summed E-state index contributed by atoms with van der Waals surface area (Å²) in [7, 11) is 0. The molecule has 2 aliphatic rings. The average molecular weight is 536 g/mol. The molecule has 0 aliphatic carbocycles. The van der Waals surface area contributed by atoms with Gasteiger partial charge in [-0.15, -0.1) is 0 Å². The topological polar surface area (TPSA) is 197 Å². The summed E-state index contributed by atoms with van der Waals surface area (Å²) in [5.41, 5.74) is 4.43. The normalized spacial score (nSPS) is 20.7. The predicted octanol–water partition coefficient (Wildman–Crippen LogP) is 0.747. The zero-order chi connectivity index (χ0) is 24.8. The molecule has 0 radical (unpaired) electrons. The van der Waals surface area contributed by atoms with Gasteiger partial charge < -0.3 is 21.4 Å². The number of alkyl halides is 3. The number of carbonyl (C=O) groups is 3. The largest absolute Gasteiger partial charge is 0.477 e. The van der Waals surface area contributed by atoms with Crippen molar-refractivity contribution in [1.29, 1.82) is 0 Å². The molecule has 2 aromatic heterocycles. The van der Waals surface area contributed by atoms with Crippen LogP contribution in [0, 0.1) is 0 Å². The van der Waals surface area contributed by atoms with Crippen molar-refractivity contribution in [1.82, 2.24) is 28.9 Å². The molecule has 2 amide bonds. The second kappa shape index (κ2) is 8.80. The number of aliphatic carboxylic acids is 1. The number of hydrogen-bond donors (Lipinski definition) is 4. The molecule has 5 N–H and O–H groups in total. The molecule has 34 heavy (non-hydrogen) atoms. The summed E-state index contributed by atoms with van der Waals surface area (Å²) in [5.74, 6) is -3.48. The molecule has 1 saturated heterocycles. The first-order valence-electron chi connectivity index (χ1n) is 9.02. The highest BCUT2D eigenvalue weighted by molar-refractivity contribution is 8.03. The van der Waals surface area contributed by atoms with E-state index in [4.69, 9.17) is 10.9 Å². The molecule has 1 unspecified atom stereocenters. The predicted molar refractivity (Wildman–Crippen MR) is 110 cm³/mol. The van der Waals surface area contributed by atoms with Crippen LogP contribution in [0.3, 0.4) is 0 Å². The third kappa shape index (κ3) is 4.28. The Morgan fingerprint density at radius 2 is 2.00 bits per heavy atom. The van der Waals surface area contributed by atoms with E-state index >= 15 is 0 Å². The number of nitrogens with two attached hydrogens (primary N) is 1. The molecule has 2 atom stereocenters. The summed E-state index contributed by atoms with van der Waals surface area (Å²) >= 11 is 1.51. The van der Waals surface area contributed by atoms with Crippen LogP contribution in [0.1, 0.15) is 23.7 Å². The molecule has 4 rings (SSSR count). The molecular formula is C15H11F3N8O5S3. The Bertz CT molecular complexity index is 1240. The molecule has 0 aromatic carbocycles. The molecule has 0 saturated carbocycles. The fraction of sp³-hybridized carbons (Fsp3) is 0.333. The Hall–Kier alpha value is -3.32. The number of hydrogen-bond acceptors (Lipinski definition) is 13. The van der Waals surface area contributed by atoms with Gasteiger partial charge in [-0.1, -0.05) is 16.9 Å². The van der Waals surface area contributed by atoms with Crippen molar-refractivity contribution in [2.24, 2.45) is 5.16 Å². The number of halogens is 3. The standard InChI is InChI=1S/C15H11F3N8O5S3/c16-15(17,18)12-22-14(25-33-12)32-4-2-1-3-5(10(28)26(3)7(4)11(29)30)20-9(27)6(23-31)8-21-13(19)34-24-8/h3,5,31H,1-2H2,(H,20,27)(H,29,30)(H2,19,21,24)/b23-6-/t3-,5?/m1/s1. The Morgan fingerprint density at radius 1 is 1.26 bits per heavy atom. The summed E-state index contributed by atoms with van der Waals surface area (Å²) < 4.78 is 45.6. The van der Waals surface area contributed by atoms with Gasteiger partial charge in [0.1, 0.15) is 11.7 Å². The number of carboxylic acids is 1. The number of carboxylic acid groups (broad SMARTS) is 1. The molecule has 13 nitrogen and oxygen atoms in total. The van der Waals surface area contributed by atoms with Crippen molar-refractivity contribution in [3.05, 3.63) is 21.4 Å². The first-order chi connectivity index (χ1) is 16.0. The molecular weight excluding hydrogens is 525 g/mol. The van der Waals surface area contributed by atoms with Crippen LogP contribution < -0.4 is 11.1 Å². The number of aromatic nitrogens is 4. The third-order valence-electron chi connectivity index (χ3n) is 4.71. The first kappa shape index (κ1) is 23.8. The minimum Gasteiger partial charge on any atom is -0.477 e. The molecule has 180 valence electrons. The molecule has 2 aromatic rings. The highest BCUT2D eigenvalue weighted by Gasteiger charge is 2.54. The van der Waals surface area contributed by atoms with Gasteiger partial charge in [-0.2, -0.15) is 26.9 Å². The smallest absolute Gasteiger partial charge is 0.444 e. The van der Waals surface area contributed by atoms with Crippen molar-refractivity contribution in [3.63, 3.8) is 0 Å². The van der Waals surface area contributed by atoms with Crippen LogP contribution >= 0.6 is 34.8 Å². The van der Waals surface area contributed by atoms with Gasteiger partial charge in [0, 0.05) is 16.4 Å². The SMILES string of the molecule is Nc1nc(/C(=N/O)C(=O)NC2C(=O)N3C(C(=O)O)=C(Sc4nsc(C(F)(F)F)n4)CC[C@H]23)ns1. The number of amides is 2. The average Bonchev–Trinajstić information content (AvgIpc) is 3.41. The highest BCUT2D eigenvalue weighted by Crippen LogP contribution is 2.43. The Balaban J connectivity index is 1.52. The van der Waals surface area contributed by atoms with Crippen LogP contribution in [0.25, 0.3) is 0 Å². The van der Waals surface area contributed by atoms with Gasteiger partial charge in [0.25, 0.3) is 11.8 Å². The summed E-state index contributed by atoms with van der Waals surface area (Å²) in [4.78, 5) is 45.2. The van der Waals surface area contributed by atoms with Crippen molar-refractivity contribution in [3.8, 4) is 0 Å². The third-order valence-corrected chi connectivity index (χ3v) is 7.14. The quantitative estimate of drug-likeness (QED) is 0.176. The number of fused-ring (bicyclic) bond motifs is 1. The van der Waals surface area contributed by atoms with E-state index in [1.807, 2.05) is 0 Å². The second-order valence-electron chi connectivity index (χ2n) is 6.73. The lowest BCUT2D eigenvalue weighted by Gasteiger charge is -2.49. The number of allylic oxidation sites excluding steroid dienone is 1. The van der Waals surface area contributed by atoms with E-state index in [0.717, 1.165) is 16.4 Å². The van der Waals surface area contributed by atoms with Crippen LogP contribution in [-0.4, -0.2) is 69.5 Å². The summed E-state index contributed by atoms with van der Waals surface area (Å²) in [5, 5.41) is 22.6. The van der Waals surface area contributed by atoms with Gasteiger partial charge in [0.15, 0.2) is 5.13 Å². The van der Waals surface area contributed by atoms with Gasteiger partial charge in [0.2, 0.25) is 21.7 Å². The number of nitrogens with zero attached hydrogens (tertiary/aromatic N) is 6. The molecule has 4 heterocycles. The monoisotopic (exact) mass is 536 g/mol. The summed E-state index contributed by atoms with van der Waals surface area (Å²) in [6.07, 6.45) is -4.41. The van der Waals surface area contributed by atoms with Crippen LogP contribution in [0.5, 0.6) is 0 Å². The number of thioether (sulfide) groups is 1. The molecule has 2 aliphatic heterocycles. The maximum atomic E-state index is 12.8. The van der Waals surface area contributed by atoms with E-state index in [2.05, 4.69) is 29.2 Å². The zero-order valence-corrected chi connectivity index (χ0v) is 18.8. The zero-order valence-electron chi connectivity index (χ0n) is 16.3. The van der Waals surface area contributed by atoms with E-state index in [9.17, 15) is 32.7 Å². The van der Waals surface area contributed by atoms with Gasteiger partial charge >= 0.3 is 12.1 Å².